The topological polar surface area (TPSA) is 62.0 Å². The standard InChI is InChI=1S/C32H35ClN4O/c33-22-15-16-25-29(21-22)37-27-12-4-2-10-24(27)32(25)35-19-8-18-34-17-5-6-20-38-30-14-7-13-28-31(30)23-9-1-3-11-26(23)36-28/h1,3,7,9,11,13-16,21,34,36H,2,4-6,8,10,12,17-20H2,(H,35,37). The minimum Gasteiger partial charge on any atom is -0.493 e. The van der Waals surface area contributed by atoms with Gasteiger partial charge in [-0.25, -0.2) is 0 Å². The average molecular weight is 527 g/mol. The van der Waals surface area contributed by atoms with Crippen LogP contribution in [0.25, 0.3) is 32.7 Å². The zero-order valence-electron chi connectivity index (χ0n) is 21.8. The van der Waals surface area contributed by atoms with Gasteiger partial charge in [0.1, 0.15) is 5.75 Å². The van der Waals surface area contributed by atoms with Crippen LogP contribution in [0.1, 0.15) is 43.4 Å². The van der Waals surface area contributed by atoms with Crippen molar-refractivity contribution in [2.45, 2.75) is 44.9 Å². The first kappa shape index (κ1) is 25.0. The van der Waals surface area contributed by atoms with Crippen LogP contribution in [-0.4, -0.2) is 36.2 Å². The van der Waals surface area contributed by atoms with E-state index in [9.17, 15) is 0 Å². The molecule has 0 spiro atoms. The number of anilines is 1. The molecule has 3 aromatic carbocycles. The molecule has 0 amide bonds. The summed E-state index contributed by atoms with van der Waals surface area (Å²) in [7, 11) is 0. The zero-order chi connectivity index (χ0) is 25.7. The van der Waals surface area contributed by atoms with Gasteiger partial charge in [0.2, 0.25) is 0 Å². The predicted molar refractivity (Wildman–Crippen MR) is 160 cm³/mol. The first-order valence-corrected chi connectivity index (χ1v) is 14.3. The van der Waals surface area contributed by atoms with Crippen molar-refractivity contribution >= 4 is 50.0 Å². The van der Waals surface area contributed by atoms with Gasteiger partial charge in [-0.3, -0.25) is 4.98 Å². The van der Waals surface area contributed by atoms with Gasteiger partial charge in [0, 0.05) is 44.6 Å². The van der Waals surface area contributed by atoms with Crippen LogP contribution >= 0.6 is 11.6 Å². The number of aryl methyl sites for hydroxylation is 1. The Morgan fingerprint density at radius 1 is 0.842 bits per heavy atom. The fourth-order valence-corrected chi connectivity index (χ4v) is 5.84. The molecule has 38 heavy (non-hydrogen) atoms. The lowest BCUT2D eigenvalue weighted by molar-refractivity contribution is 0.309. The Kier molecular flexibility index (Phi) is 7.66. The van der Waals surface area contributed by atoms with Gasteiger partial charge in [-0.2, -0.15) is 0 Å². The summed E-state index contributed by atoms with van der Waals surface area (Å²) in [5.74, 6) is 0.965. The molecule has 2 aromatic heterocycles. The van der Waals surface area contributed by atoms with E-state index in [2.05, 4.69) is 64.1 Å². The number of ether oxygens (including phenoxy) is 1. The van der Waals surface area contributed by atoms with Crippen LogP contribution in [0.15, 0.2) is 60.7 Å². The van der Waals surface area contributed by atoms with Crippen LogP contribution in [0.5, 0.6) is 5.75 Å². The van der Waals surface area contributed by atoms with Crippen molar-refractivity contribution in [3.63, 3.8) is 0 Å². The van der Waals surface area contributed by atoms with Gasteiger partial charge in [-0.1, -0.05) is 35.9 Å². The second-order valence-electron chi connectivity index (χ2n) is 10.2. The van der Waals surface area contributed by atoms with E-state index in [0.29, 0.717) is 0 Å². The lowest BCUT2D eigenvalue weighted by Gasteiger charge is -2.22. The van der Waals surface area contributed by atoms with Gasteiger partial charge in [0.25, 0.3) is 0 Å². The molecule has 0 saturated heterocycles. The van der Waals surface area contributed by atoms with Gasteiger partial charge in [0.15, 0.2) is 0 Å². The summed E-state index contributed by atoms with van der Waals surface area (Å²) < 4.78 is 6.20. The van der Waals surface area contributed by atoms with E-state index < -0.39 is 0 Å². The molecule has 0 atom stereocenters. The number of aromatic nitrogens is 2. The summed E-state index contributed by atoms with van der Waals surface area (Å²) >= 11 is 6.25. The first-order chi connectivity index (χ1) is 18.8. The molecule has 1 aliphatic carbocycles. The highest BCUT2D eigenvalue weighted by Crippen LogP contribution is 2.35. The van der Waals surface area contributed by atoms with Crippen molar-refractivity contribution in [1.29, 1.82) is 0 Å². The number of nitrogens with zero attached hydrogens (tertiary/aromatic N) is 1. The highest BCUT2D eigenvalue weighted by atomic mass is 35.5. The number of rotatable bonds is 11. The van der Waals surface area contributed by atoms with Gasteiger partial charge in [-0.15, -0.1) is 0 Å². The Balaban J connectivity index is 0.941. The third kappa shape index (κ3) is 5.31. The normalized spacial score (nSPS) is 13.3. The molecule has 6 heteroatoms. The van der Waals surface area contributed by atoms with E-state index in [1.54, 1.807) is 0 Å². The molecule has 1 aliphatic rings. The molecule has 0 fully saturated rings. The Morgan fingerprint density at radius 2 is 1.71 bits per heavy atom. The number of hydrogen-bond acceptors (Lipinski definition) is 4. The molecule has 0 bridgehead atoms. The Labute approximate surface area is 228 Å². The number of para-hydroxylation sites is 1. The van der Waals surface area contributed by atoms with E-state index in [1.807, 2.05) is 12.1 Å². The number of halogens is 1. The quantitative estimate of drug-likeness (QED) is 0.155. The van der Waals surface area contributed by atoms with Crippen LogP contribution in [0.3, 0.4) is 0 Å². The largest absolute Gasteiger partial charge is 0.493 e. The molecule has 6 rings (SSSR count). The first-order valence-electron chi connectivity index (χ1n) is 14.0. The number of fused-ring (bicyclic) bond motifs is 5. The summed E-state index contributed by atoms with van der Waals surface area (Å²) in [6.45, 7) is 3.68. The highest BCUT2D eigenvalue weighted by Gasteiger charge is 2.18. The van der Waals surface area contributed by atoms with Crippen molar-refractivity contribution in [2.24, 2.45) is 0 Å². The van der Waals surface area contributed by atoms with Crippen LogP contribution in [0, 0.1) is 0 Å². The molecule has 3 N–H and O–H groups in total. The maximum absolute atomic E-state index is 6.25. The molecular weight excluding hydrogens is 492 g/mol. The lowest BCUT2D eigenvalue weighted by Crippen LogP contribution is -2.20. The Hall–Kier alpha value is -3.28. The van der Waals surface area contributed by atoms with E-state index in [0.717, 1.165) is 85.7 Å². The summed E-state index contributed by atoms with van der Waals surface area (Å²) in [5.41, 5.74) is 7.20. The van der Waals surface area contributed by atoms with Crippen molar-refractivity contribution in [3.05, 3.63) is 76.9 Å². The molecule has 2 heterocycles. The third-order valence-electron chi connectivity index (χ3n) is 7.55. The second-order valence-corrected chi connectivity index (χ2v) is 10.7. The summed E-state index contributed by atoms with van der Waals surface area (Å²) in [4.78, 5) is 8.41. The predicted octanol–water partition coefficient (Wildman–Crippen LogP) is 7.65. The number of nitrogens with one attached hydrogen (secondary N) is 3. The molecule has 0 saturated carbocycles. The van der Waals surface area contributed by atoms with Crippen molar-refractivity contribution in [1.82, 2.24) is 15.3 Å². The molecule has 0 unspecified atom stereocenters. The zero-order valence-corrected chi connectivity index (χ0v) is 22.5. The van der Waals surface area contributed by atoms with Gasteiger partial charge in [0.05, 0.1) is 17.6 Å². The summed E-state index contributed by atoms with van der Waals surface area (Å²) in [6, 6.07) is 20.7. The fraction of sp³-hybridized carbons (Fsp3) is 0.344. The molecule has 5 aromatic rings. The maximum atomic E-state index is 6.25. The Bertz CT molecular complexity index is 1560. The smallest absolute Gasteiger partial charge is 0.129 e. The molecular formula is C32H35ClN4O. The molecule has 0 radical (unpaired) electrons. The second kappa shape index (κ2) is 11.6. The van der Waals surface area contributed by atoms with Gasteiger partial charge < -0.3 is 20.4 Å². The van der Waals surface area contributed by atoms with Crippen molar-refractivity contribution in [2.75, 3.05) is 31.6 Å². The maximum Gasteiger partial charge on any atom is 0.129 e. The number of benzene rings is 3. The summed E-state index contributed by atoms with van der Waals surface area (Å²) in [6.07, 6.45) is 7.84. The van der Waals surface area contributed by atoms with Crippen LogP contribution in [0.4, 0.5) is 5.69 Å². The number of aromatic amines is 1. The monoisotopic (exact) mass is 526 g/mol. The average Bonchev–Trinajstić information content (AvgIpc) is 3.33. The van der Waals surface area contributed by atoms with E-state index >= 15 is 0 Å². The lowest BCUT2D eigenvalue weighted by atomic mass is 9.92. The minimum absolute atomic E-state index is 0.728. The van der Waals surface area contributed by atoms with E-state index in [4.69, 9.17) is 21.3 Å². The van der Waals surface area contributed by atoms with Crippen LogP contribution in [-0.2, 0) is 12.8 Å². The van der Waals surface area contributed by atoms with Crippen LogP contribution < -0.4 is 15.4 Å². The van der Waals surface area contributed by atoms with E-state index in [1.165, 1.54) is 45.9 Å². The van der Waals surface area contributed by atoms with Crippen LogP contribution in [0.2, 0.25) is 5.02 Å². The minimum atomic E-state index is 0.728. The summed E-state index contributed by atoms with van der Waals surface area (Å²) in [5, 5.41) is 11.7. The van der Waals surface area contributed by atoms with E-state index in [-0.39, 0.29) is 0 Å². The van der Waals surface area contributed by atoms with Gasteiger partial charge >= 0.3 is 0 Å². The number of unbranched alkanes of at least 4 members (excludes halogenated alkanes) is 1. The fourth-order valence-electron chi connectivity index (χ4n) is 5.68. The Morgan fingerprint density at radius 3 is 2.68 bits per heavy atom. The van der Waals surface area contributed by atoms with Gasteiger partial charge in [-0.05, 0) is 100.0 Å². The number of hydrogen-bond donors (Lipinski definition) is 3. The molecule has 0 aliphatic heterocycles. The SMILES string of the molecule is Clc1ccc2c(NCCCNCCCCOc3cccc4[nH]c5ccccc5c34)c3c(nc2c1)CCCC3. The highest BCUT2D eigenvalue weighted by molar-refractivity contribution is 6.31. The molecule has 196 valence electrons. The van der Waals surface area contributed by atoms with Crippen molar-refractivity contribution < 1.29 is 4.74 Å². The van der Waals surface area contributed by atoms with Crippen molar-refractivity contribution in [3.8, 4) is 5.75 Å². The molecule has 5 nitrogen and oxygen atoms in total. The third-order valence-corrected chi connectivity index (χ3v) is 7.79. The number of pyridine rings is 1. The number of H-pyrrole nitrogens is 1.